The molecule has 0 aromatic carbocycles. The van der Waals surface area contributed by atoms with E-state index in [0.29, 0.717) is 5.82 Å². The van der Waals surface area contributed by atoms with Gasteiger partial charge >= 0.3 is 0 Å². The van der Waals surface area contributed by atoms with Crippen molar-refractivity contribution in [2.45, 2.75) is 13.8 Å². The second-order valence-electron chi connectivity index (χ2n) is 2.29. The van der Waals surface area contributed by atoms with Gasteiger partial charge in [0.15, 0.2) is 5.82 Å². The Kier molecular flexibility index (Phi) is 2.69. The minimum Gasteiger partial charge on any atom is -0.241 e. The Labute approximate surface area is 71.9 Å². The zero-order valence-corrected chi connectivity index (χ0v) is 7.28. The van der Waals surface area contributed by atoms with Crippen LogP contribution in [0.15, 0.2) is 17.9 Å². The van der Waals surface area contributed by atoms with Crippen molar-refractivity contribution in [3.8, 4) is 0 Å². The molecule has 62 valence electrons. The van der Waals surface area contributed by atoms with Crippen molar-refractivity contribution < 1.29 is 0 Å². The van der Waals surface area contributed by atoms with Crippen molar-refractivity contribution in [1.82, 2.24) is 9.97 Å². The fraction of sp³-hybridized carbons (Fsp3) is 0.222. The van der Waals surface area contributed by atoms with Gasteiger partial charge in [0.05, 0.1) is 5.69 Å². The molecule has 12 heavy (non-hydrogen) atoms. The van der Waals surface area contributed by atoms with Crippen LogP contribution in [-0.4, -0.2) is 16.2 Å². The summed E-state index contributed by atoms with van der Waals surface area (Å²) in [5.41, 5.74) is 1.80. The number of hydrogen-bond acceptors (Lipinski definition) is 3. The van der Waals surface area contributed by atoms with E-state index in [1.165, 1.54) is 6.33 Å². The van der Waals surface area contributed by atoms with Gasteiger partial charge in [-0.3, -0.25) is 0 Å². The summed E-state index contributed by atoms with van der Waals surface area (Å²) in [5.74, 6) is 0.681. The topological polar surface area (TPSA) is 38.1 Å². The molecule has 0 atom stereocenters. The normalized spacial score (nSPS) is 10.5. The predicted molar refractivity (Wildman–Crippen MR) is 50.7 cm³/mol. The van der Waals surface area contributed by atoms with Gasteiger partial charge in [-0.15, -0.1) is 0 Å². The molecule has 0 bridgehead atoms. The van der Waals surface area contributed by atoms with E-state index in [2.05, 4.69) is 21.5 Å². The van der Waals surface area contributed by atoms with E-state index in [9.17, 15) is 0 Å². The molecular formula is C9H11N3. The van der Waals surface area contributed by atoms with Crippen molar-refractivity contribution in [3.63, 3.8) is 0 Å². The highest BCUT2D eigenvalue weighted by Gasteiger charge is 2.01. The van der Waals surface area contributed by atoms with Gasteiger partial charge in [0.1, 0.15) is 6.33 Å². The third kappa shape index (κ3) is 1.56. The fourth-order valence-corrected chi connectivity index (χ4v) is 0.935. The van der Waals surface area contributed by atoms with Crippen LogP contribution in [0.3, 0.4) is 0 Å². The van der Waals surface area contributed by atoms with Crippen LogP contribution in [0.5, 0.6) is 0 Å². The standard InChI is InChI=1S/C9H11N3/c1-4-8-7(3)11-6-12-9(8)10-5-2/h4-6H,1H2,2-3H3. The van der Waals surface area contributed by atoms with Crippen LogP contribution < -0.4 is 0 Å². The van der Waals surface area contributed by atoms with Gasteiger partial charge in [-0.05, 0) is 13.8 Å². The Morgan fingerprint density at radius 1 is 1.50 bits per heavy atom. The van der Waals surface area contributed by atoms with Crippen LogP contribution in [0.25, 0.3) is 6.08 Å². The molecule has 0 radical (unpaired) electrons. The number of nitrogens with zero attached hydrogens (tertiary/aromatic N) is 3. The zero-order valence-electron chi connectivity index (χ0n) is 7.28. The lowest BCUT2D eigenvalue weighted by atomic mass is 10.2. The maximum absolute atomic E-state index is 4.09. The Balaban J connectivity index is 3.27. The van der Waals surface area contributed by atoms with E-state index >= 15 is 0 Å². The van der Waals surface area contributed by atoms with Gasteiger partial charge in [0.25, 0.3) is 0 Å². The first kappa shape index (κ1) is 8.59. The molecular weight excluding hydrogens is 150 g/mol. The molecule has 0 aliphatic heterocycles. The summed E-state index contributed by atoms with van der Waals surface area (Å²) in [7, 11) is 0. The zero-order chi connectivity index (χ0) is 8.97. The van der Waals surface area contributed by atoms with Gasteiger partial charge in [-0.25, -0.2) is 15.0 Å². The Bertz CT molecular complexity index is 316. The minimum absolute atomic E-state index is 0.681. The summed E-state index contributed by atoms with van der Waals surface area (Å²) in [6.07, 6.45) is 4.93. The van der Waals surface area contributed by atoms with E-state index in [4.69, 9.17) is 0 Å². The van der Waals surface area contributed by atoms with Crippen molar-refractivity contribution in [2.24, 2.45) is 4.99 Å². The molecule has 0 fully saturated rings. The largest absolute Gasteiger partial charge is 0.241 e. The highest BCUT2D eigenvalue weighted by molar-refractivity contribution is 5.66. The van der Waals surface area contributed by atoms with E-state index in [0.717, 1.165) is 11.3 Å². The molecule has 3 nitrogen and oxygen atoms in total. The van der Waals surface area contributed by atoms with E-state index in [1.54, 1.807) is 12.3 Å². The molecule has 1 heterocycles. The average molecular weight is 161 g/mol. The summed E-state index contributed by atoms with van der Waals surface area (Å²) < 4.78 is 0. The van der Waals surface area contributed by atoms with Gasteiger partial charge in [0.2, 0.25) is 0 Å². The predicted octanol–water partition coefficient (Wildman–Crippen LogP) is 2.15. The Hall–Kier alpha value is -1.51. The summed E-state index contributed by atoms with van der Waals surface area (Å²) in [4.78, 5) is 12.1. The third-order valence-corrected chi connectivity index (χ3v) is 1.52. The monoisotopic (exact) mass is 161 g/mol. The number of rotatable bonds is 2. The van der Waals surface area contributed by atoms with E-state index in [-0.39, 0.29) is 0 Å². The lowest BCUT2D eigenvalue weighted by Crippen LogP contribution is -1.89. The molecule has 0 N–H and O–H groups in total. The lowest BCUT2D eigenvalue weighted by Gasteiger charge is -2.00. The van der Waals surface area contributed by atoms with Crippen molar-refractivity contribution in [3.05, 3.63) is 24.2 Å². The Morgan fingerprint density at radius 2 is 2.25 bits per heavy atom. The van der Waals surface area contributed by atoms with Crippen LogP contribution in [0.1, 0.15) is 18.2 Å². The molecule has 0 saturated heterocycles. The summed E-state index contributed by atoms with van der Waals surface area (Å²) in [5, 5.41) is 0. The first-order valence-corrected chi connectivity index (χ1v) is 3.72. The molecule has 0 unspecified atom stereocenters. The molecule has 0 aliphatic rings. The van der Waals surface area contributed by atoms with Crippen LogP contribution in [0, 0.1) is 6.92 Å². The molecule has 0 saturated carbocycles. The maximum Gasteiger partial charge on any atom is 0.162 e. The van der Waals surface area contributed by atoms with Crippen LogP contribution in [-0.2, 0) is 0 Å². The van der Waals surface area contributed by atoms with E-state index in [1.807, 2.05) is 13.8 Å². The average Bonchev–Trinajstić information content (AvgIpc) is 2.05. The van der Waals surface area contributed by atoms with Crippen LogP contribution in [0.2, 0.25) is 0 Å². The maximum atomic E-state index is 4.09. The molecule has 0 amide bonds. The minimum atomic E-state index is 0.681. The smallest absolute Gasteiger partial charge is 0.162 e. The quantitative estimate of drug-likeness (QED) is 0.623. The molecule has 3 heteroatoms. The van der Waals surface area contributed by atoms with Crippen molar-refractivity contribution in [2.75, 3.05) is 0 Å². The Morgan fingerprint density at radius 3 is 2.83 bits per heavy atom. The second-order valence-corrected chi connectivity index (χ2v) is 2.29. The van der Waals surface area contributed by atoms with E-state index < -0.39 is 0 Å². The van der Waals surface area contributed by atoms with Gasteiger partial charge in [0, 0.05) is 11.8 Å². The number of aryl methyl sites for hydroxylation is 1. The number of aromatic nitrogens is 2. The van der Waals surface area contributed by atoms with Crippen molar-refractivity contribution >= 4 is 18.1 Å². The molecule has 0 aliphatic carbocycles. The number of hydrogen-bond donors (Lipinski definition) is 0. The van der Waals surface area contributed by atoms with Gasteiger partial charge in [-0.1, -0.05) is 12.7 Å². The fourth-order valence-electron chi connectivity index (χ4n) is 0.935. The van der Waals surface area contributed by atoms with Gasteiger partial charge in [-0.2, -0.15) is 0 Å². The number of aliphatic imine (C=N–C) groups is 1. The molecule has 1 aromatic rings. The summed E-state index contributed by atoms with van der Waals surface area (Å²) in [6, 6.07) is 0. The third-order valence-electron chi connectivity index (χ3n) is 1.52. The highest BCUT2D eigenvalue weighted by atomic mass is 14.9. The van der Waals surface area contributed by atoms with Crippen molar-refractivity contribution in [1.29, 1.82) is 0 Å². The molecule has 1 aromatic heterocycles. The highest BCUT2D eigenvalue weighted by Crippen LogP contribution is 2.17. The summed E-state index contributed by atoms with van der Waals surface area (Å²) >= 11 is 0. The van der Waals surface area contributed by atoms with Crippen LogP contribution in [0.4, 0.5) is 5.82 Å². The lowest BCUT2D eigenvalue weighted by molar-refractivity contribution is 1.08. The van der Waals surface area contributed by atoms with Crippen LogP contribution >= 0.6 is 0 Å². The first-order valence-electron chi connectivity index (χ1n) is 3.72. The SMILES string of the molecule is C=Cc1c(C)ncnc1N=CC. The summed E-state index contributed by atoms with van der Waals surface area (Å²) in [6.45, 7) is 7.44. The second kappa shape index (κ2) is 3.76. The molecule has 1 rings (SSSR count). The first-order chi connectivity index (χ1) is 5.79. The molecule has 0 spiro atoms. The van der Waals surface area contributed by atoms with Gasteiger partial charge < -0.3 is 0 Å².